The zero-order valence-corrected chi connectivity index (χ0v) is 14.0. The zero-order chi connectivity index (χ0) is 18.2. The largest absolute Gasteiger partial charge is 0.471 e. The lowest BCUT2D eigenvalue weighted by Gasteiger charge is -2.20. The van der Waals surface area contributed by atoms with E-state index in [0.717, 1.165) is 11.1 Å². The van der Waals surface area contributed by atoms with Crippen molar-refractivity contribution in [3.8, 4) is 0 Å². The summed E-state index contributed by atoms with van der Waals surface area (Å²) in [4.78, 5) is 10.7. The molecule has 1 rings (SSSR count). The van der Waals surface area contributed by atoms with Gasteiger partial charge in [0.2, 0.25) is 0 Å². The van der Waals surface area contributed by atoms with E-state index in [9.17, 15) is 23.1 Å². The lowest BCUT2D eigenvalue weighted by Crippen LogP contribution is -2.37. The first-order valence-electron chi connectivity index (χ1n) is 8.06. The van der Waals surface area contributed by atoms with Gasteiger partial charge >= 0.3 is 12.1 Å². The molecule has 0 unspecified atom stereocenters. The second-order valence-electron chi connectivity index (χ2n) is 5.75. The summed E-state index contributed by atoms with van der Waals surface area (Å²) in [7, 11) is 0. The van der Waals surface area contributed by atoms with Crippen molar-refractivity contribution in [1.29, 1.82) is 0 Å². The third-order valence-corrected chi connectivity index (χ3v) is 3.95. The van der Waals surface area contributed by atoms with Crippen molar-refractivity contribution >= 4 is 12.0 Å². The Kier molecular flexibility index (Phi) is 7.48. The molecule has 24 heavy (non-hydrogen) atoms. The lowest BCUT2D eigenvalue weighted by molar-refractivity contribution is -0.173. The van der Waals surface area contributed by atoms with E-state index in [1.807, 2.05) is 49.5 Å². The van der Waals surface area contributed by atoms with Crippen LogP contribution in [-0.2, 0) is 11.2 Å². The fourth-order valence-electron chi connectivity index (χ4n) is 2.18. The number of nitrogens with one attached hydrogen (secondary N) is 1. The molecule has 0 aliphatic carbocycles. The fraction of sp³-hybridized carbons (Fsp3) is 0.500. The van der Waals surface area contributed by atoms with E-state index in [-0.39, 0.29) is 6.54 Å². The summed E-state index contributed by atoms with van der Waals surface area (Å²) in [6.45, 7) is 3.81. The molecule has 0 saturated heterocycles. The van der Waals surface area contributed by atoms with Crippen LogP contribution < -0.4 is 5.32 Å². The van der Waals surface area contributed by atoms with Crippen LogP contribution >= 0.6 is 0 Å². The van der Waals surface area contributed by atoms with Gasteiger partial charge in [0.1, 0.15) is 0 Å². The maximum atomic E-state index is 12.1. The van der Waals surface area contributed by atoms with Gasteiger partial charge in [0, 0.05) is 6.54 Å². The van der Waals surface area contributed by atoms with Gasteiger partial charge in [0.15, 0.2) is 0 Å². The van der Waals surface area contributed by atoms with Crippen molar-refractivity contribution < 1.29 is 23.1 Å². The van der Waals surface area contributed by atoms with Crippen LogP contribution in [0, 0.1) is 0 Å². The predicted molar refractivity (Wildman–Crippen MR) is 88.4 cm³/mol. The van der Waals surface area contributed by atoms with Gasteiger partial charge in [-0.2, -0.15) is 13.2 Å². The van der Waals surface area contributed by atoms with Crippen LogP contribution in [0.25, 0.3) is 6.08 Å². The number of carbonyl (C=O) groups excluding carboxylic acids is 1. The first kappa shape index (κ1) is 20.2. The number of hydrogen-bond acceptors (Lipinski definition) is 2. The van der Waals surface area contributed by atoms with Gasteiger partial charge in [-0.25, -0.2) is 0 Å². The number of aliphatic hydroxyl groups is 1. The first-order valence-corrected chi connectivity index (χ1v) is 8.06. The summed E-state index contributed by atoms with van der Waals surface area (Å²) in [6.07, 6.45) is 1.02. The van der Waals surface area contributed by atoms with E-state index in [4.69, 9.17) is 0 Å². The Morgan fingerprint density at radius 1 is 1.25 bits per heavy atom. The van der Waals surface area contributed by atoms with Crippen molar-refractivity contribution in [2.75, 3.05) is 6.54 Å². The van der Waals surface area contributed by atoms with Gasteiger partial charge in [-0.05, 0) is 36.8 Å². The highest BCUT2D eigenvalue weighted by Crippen LogP contribution is 2.19. The van der Waals surface area contributed by atoms with Crippen LogP contribution in [-0.4, -0.2) is 29.3 Å². The van der Waals surface area contributed by atoms with Crippen LogP contribution in [0.4, 0.5) is 13.2 Å². The number of rotatable bonds is 8. The molecule has 134 valence electrons. The van der Waals surface area contributed by atoms with Gasteiger partial charge < -0.3 is 10.4 Å². The Morgan fingerprint density at radius 3 is 2.50 bits per heavy atom. The van der Waals surface area contributed by atoms with E-state index >= 15 is 0 Å². The number of hydrogen-bond donors (Lipinski definition) is 2. The number of benzene rings is 1. The van der Waals surface area contributed by atoms with E-state index in [0.29, 0.717) is 25.7 Å². The maximum Gasteiger partial charge on any atom is 0.471 e. The SMILES string of the molecule is CCC(O)(C=Cc1cccc(CCCNC(=O)C(F)(F)F)c1)CC. The average molecular weight is 343 g/mol. The minimum absolute atomic E-state index is 0.0240. The van der Waals surface area contributed by atoms with Crippen LogP contribution in [0.1, 0.15) is 44.2 Å². The maximum absolute atomic E-state index is 12.1. The van der Waals surface area contributed by atoms with Gasteiger partial charge in [-0.15, -0.1) is 0 Å². The van der Waals surface area contributed by atoms with Crippen LogP contribution in [0.5, 0.6) is 0 Å². The van der Waals surface area contributed by atoms with Crippen molar-refractivity contribution in [3.63, 3.8) is 0 Å². The molecule has 0 aliphatic rings. The summed E-state index contributed by atoms with van der Waals surface area (Å²) in [5.74, 6) is -1.90. The standard InChI is InChI=1S/C18H24F3NO2/c1-3-17(24,4-2)11-10-15-8-5-7-14(13-15)9-6-12-22-16(23)18(19,20)21/h5,7-8,10-11,13,24H,3-4,6,9,12H2,1-2H3,(H,22,23). The molecule has 1 amide bonds. The summed E-state index contributed by atoms with van der Waals surface area (Å²) in [6, 6.07) is 7.57. The Morgan fingerprint density at radius 2 is 1.92 bits per heavy atom. The Hall–Kier alpha value is -1.82. The summed E-state index contributed by atoms with van der Waals surface area (Å²) in [5.41, 5.74) is 1.07. The van der Waals surface area contributed by atoms with Crippen molar-refractivity contribution in [2.24, 2.45) is 0 Å². The average Bonchev–Trinajstić information content (AvgIpc) is 2.56. The highest BCUT2D eigenvalue weighted by molar-refractivity contribution is 5.81. The summed E-state index contributed by atoms with van der Waals surface area (Å²) in [5, 5.41) is 12.1. The Balaban J connectivity index is 2.54. The van der Waals surface area contributed by atoms with E-state index in [1.165, 1.54) is 0 Å². The number of alkyl halides is 3. The molecule has 0 atom stereocenters. The Bertz CT molecular complexity index is 564. The van der Waals surface area contributed by atoms with Crippen molar-refractivity contribution in [1.82, 2.24) is 5.32 Å². The molecule has 0 aliphatic heterocycles. The number of aryl methyl sites for hydroxylation is 1. The smallest absolute Gasteiger partial charge is 0.386 e. The zero-order valence-electron chi connectivity index (χ0n) is 14.0. The van der Waals surface area contributed by atoms with Crippen LogP contribution in [0.3, 0.4) is 0 Å². The molecule has 0 heterocycles. The molecule has 1 aromatic carbocycles. The lowest BCUT2D eigenvalue weighted by atomic mass is 9.95. The topological polar surface area (TPSA) is 49.3 Å². The molecule has 0 radical (unpaired) electrons. The van der Waals surface area contributed by atoms with Gasteiger partial charge in [0.25, 0.3) is 0 Å². The second-order valence-corrected chi connectivity index (χ2v) is 5.75. The van der Waals surface area contributed by atoms with E-state index in [1.54, 1.807) is 6.08 Å². The number of carbonyl (C=O) groups is 1. The number of amides is 1. The van der Waals surface area contributed by atoms with Gasteiger partial charge in [-0.3, -0.25) is 4.79 Å². The minimum Gasteiger partial charge on any atom is -0.386 e. The van der Waals surface area contributed by atoms with Crippen molar-refractivity contribution in [3.05, 3.63) is 41.5 Å². The molecule has 1 aromatic rings. The predicted octanol–water partition coefficient (Wildman–Crippen LogP) is 3.86. The molecule has 6 heteroatoms. The van der Waals surface area contributed by atoms with E-state index < -0.39 is 17.7 Å². The molecule has 0 fully saturated rings. The molecule has 0 spiro atoms. The monoisotopic (exact) mass is 343 g/mol. The first-order chi connectivity index (χ1) is 11.2. The molecular weight excluding hydrogens is 319 g/mol. The quantitative estimate of drug-likeness (QED) is 0.704. The third-order valence-electron chi connectivity index (χ3n) is 3.95. The number of halogens is 3. The highest BCUT2D eigenvalue weighted by atomic mass is 19.4. The molecular formula is C18H24F3NO2. The van der Waals surface area contributed by atoms with Crippen LogP contribution in [0.15, 0.2) is 30.3 Å². The Labute approximate surface area is 140 Å². The van der Waals surface area contributed by atoms with Gasteiger partial charge in [0.05, 0.1) is 5.60 Å². The fourth-order valence-corrected chi connectivity index (χ4v) is 2.18. The van der Waals surface area contributed by atoms with Crippen molar-refractivity contribution in [2.45, 2.75) is 51.3 Å². The summed E-state index contributed by atoms with van der Waals surface area (Å²) >= 11 is 0. The van der Waals surface area contributed by atoms with Gasteiger partial charge in [-0.1, -0.05) is 50.3 Å². The minimum atomic E-state index is -4.83. The second kappa shape index (κ2) is 8.87. The highest BCUT2D eigenvalue weighted by Gasteiger charge is 2.38. The summed E-state index contributed by atoms with van der Waals surface area (Å²) < 4.78 is 36.2. The van der Waals surface area contributed by atoms with Crippen LogP contribution in [0.2, 0.25) is 0 Å². The molecule has 0 aromatic heterocycles. The third kappa shape index (κ3) is 6.74. The molecule has 2 N–H and O–H groups in total. The molecule has 0 saturated carbocycles. The molecule has 3 nitrogen and oxygen atoms in total. The normalized spacial score (nSPS) is 12.6. The van der Waals surface area contributed by atoms with E-state index in [2.05, 4.69) is 0 Å². The molecule has 0 bridgehead atoms.